The predicted octanol–water partition coefficient (Wildman–Crippen LogP) is 3.80. The molecule has 0 spiro atoms. The van der Waals surface area contributed by atoms with Gasteiger partial charge in [-0.2, -0.15) is 0 Å². The first-order valence-electron chi connectivity index (χ1n) is 6.71. The third kappa shape index (κ3) is 2.46. The summed E-state index contributed by atoms with van der Waals surface area (Å²) in [5, 5.41) is 10.5. The molecule has 3 nitrogen and oxygen atoms in total. The minimum Gasteiger partial charge on any atom is -0.478 e. The quantitative estimate of drug-likeness (QED) is 0.740. The lowest BCUT2D eigenvalue weighted by Crippen LogP contribution is -1.99. The van der Waals surface area contributed by atoms with Crippen molar-refractivity contribution >= 4 is 28.5 Å². The van der Waals surface area contributed by atoms with Crippen LogP contribution in [0.4, 0.5) is 0 Å². The molecule has 3 heteroatoms. The summed E-state index contributed by atoms with van der Waals surface area (Å²) in [6.07, 6.45) is 3.69. The molecule has 0 saturated heterocycles. The van der Waals surface area contributed by atoms with E-state index < -0.39 is 5.97 Å². The molecule has 3 rings (SSSR count). The predicted molar refractivity (Wildman–Crippen MR) is 84.9 cm³/mol. The van der Waals surface area contributed by atoms with Gasteiger partial charge in [0.1, 0.15) is 0 Å². The number of nitrogens with zero attached hydrogens (tertiary/aromatic N) is 1. The Morgan fingerprint density at radius 1 is 1.05 bits per heavy atom. The molecule has 0 radical (unpaired) electrons. The van der Waals surface area contributed by atoms with Crippen molar-refractivity contribution in [3.63, 3.8) is 0 Å². The largest absolute Gasteiger partial charge is 0.478 e. The summed E-state index contributed by atoms with van der Waals surface area (Å²) in [4.78, 5) is 11.6. The normalized spacial score (nSPS) is 11.8. The van der Waals surface area contributed by atoms with Gasteiger partial charge < -0.3 is 9.67 Å². The van der Waals surface area contributed by atoms with Crippen molar-refractivity contribution in [2.75, 3.05) is 0 Å². The molecule has 0 aliphatic rings. The zero-order valence-corrected chi connectivity index (χ0v) is 11.7. The number of aryl methyl sites for hydroxylation is 1. The Morgan fingerprint density at radius 3 is 2.43 bits per heavy atom. The summed E-state index contributed by atoms with van der Waals surface area (Å²) in [6, 6.07) is 17.1. The number of benzene rings is 2. The first kappa shape index (κ1) is 13.2. The Hall–Kier alpha value is -2.81. The van der Waals surface area contributed by atoms with E-state index in [-0.39, 0.29) is 0 Å². The molecule has 0 atom stereocenters. The first-order valence-corrected chi connectivity index (χ1v) is 6.71. The molecule has 1 N–H and O–H groups in total. The van der Waals surface area contributed by atoms with Gasteiger partial charge in [-0.1, -0.05) is 48.5 Å². The third-order valence-electron chi connectivity index (χ3n) is 3.54. The number of rotatable bonds is 3. The second kappa shape index (κ2) is 5.29. The summed E-state index contributed by atoms with van der Waals surface area (Å²) in [5.74, 6) is -0.922. The van der Waals surface area contributed by atoms with Gasteiger partial charge in [0.2, 0.25) is 0 Å². The summed E-state index contributed by atoms with van der Waals surface area (Å²) in [7, 11) is 1.96. The van der Waals surface area contributed by atoms with E-state index in [1.54, 1.807) is 6.08 Å². The van der Waals surface area contributed by atoms with E-state index in [0.717, 1.165) is 16.5 Å². The summed E-state index contributed by atoms with van der Waals surface area (Å²) < 4.78 is 2.01. The number of fused-ring (bicyclic) bond motifs is 1. The van der Waals surface area contributed by atoms with Crippen molar-refractivity contribution in [3.05, 3.63) is 71.9 Å². The minimum absolute atomic E-state index is 0.298. The van der Waals surface area contributed by atoms with Crippen molar-refractivity contribution in [2.45, 2.75) is 0 Å². The molecular weight excluding hydrogens is 262 g/mol. The molecule has 1 aromatic heterocycles. The van der Waals surface area contributed by atoms with E-state index in [4.69, 9.17) is 0 Å². The number of carboxylic acid groups (broad SMARTS) is 1. The maximum Gasteiger partial charge on any atom is 0.336 e. The summed E-state index contributed by atoms with van der Waals surface area (Å²) in [5.41, 5.74) is 3.00. The zero-order chi connectivity index (χ0) is 14.8. The fraction of sp³-hybridized carbons (Fsp3) is 0.0556. The van der Waals surface area contributed by atoms with Crippen LogP contribution in [0.15, 0.2) is 60.8 Å². The van der Waals surface area contributed by atoms with Gasteiger partial charge in [-0.25, -0.2) is 4.79 Å². The number of hydrogen-bond acceptors (Lipinski definition) is 1. The van der Waals surface area contributed by atoms with Crippen LogP contribution in [0.5, 0.6) is 0 Å². The van der Waals surface area contributed by atoms with Gasteiger partial charge in [0.05, 0.1) is 5.57 Å². The van der Waals surface area contributed by atoms with Crippen LogP contribution in [0.25, 0.3) is 22.6 Å². The Kier molecular flexibility index (Phi) is 3.32. The monoisotopic (exact) mass is 277 g/mol. The zero-order valence-electron chi connectivity index (χ0n) is 11.7. The second-order valence-electron chi connectivity index (χ2n) is 4.94. The lowest BCUT2D eigenvalue weighted by molar-refractivity contribution is -0.130. The summed E-state index contributed by atoms with van der Waals surface area (Å²) in [6.45, 7) is 0. The Labute approximate surface area is 122 Å². The molecule has 3 aromatic rings. The van der Waals surface area contributed by atoms with Gasteiger partial charge >= 0.3 is 5.97 Å². The molecule has 0 aliphatic heterocycles. The van der Waals surface area contributed by atoms with Crippen molar-refractivity contribution in [1.29, 1.82) is 0 Å². The third-order valence-corrected chi connectivity index (χ3v) is 3.54. The van der Waals surface area contributed by atoms with Crippen LogP contribution in [-0.4, -0.2) is 15.6 Å². The van der Waals surface area contributed by atoms with E-state index >= 15 is 0 Å². The molecular formula is C18H15NO2. The molecule has 0 bridgehead atoms. The highest BCUT2D eigenvalue weighted by Gasteiger charge is 2.12. The highest BCUT2D eigenvalue weighted by atomic mass is 16.4. The number of para-hydroxylation sites is 1. The van der Waals surface area contributed by atoms with Crippen LogP contribution in [0, 0.1) is 0 Å². The van der Waals surface area contributed by atoms with Crippen LogP contribution >= 0.6 is 0 Å². The van der Waals surface area contributed by atoms with Gasteiger partial charge in [-0.3, -0.25) is 0 Å². The first-order chi connectivity index (χ1) is 10.2. The molecule has 1 heterocycles. The maximum absolute atomic E-state index is 11.6. The molecule has 0 amide bonds. The fourth-order valence-electron chi connectivity index (χ4n) is 2.53. The lowest BCUT2D eigenvalue weighted by Gasteiger charge is -2.02. The second-order valence-corrected chi connectivity index (χ2v) is 4.94. The average molecular weight is 277 g/mol. The standard InChI is InChI=1S/C18H15NO2/c1-19-12-14(15-9-5-6-10-17(15)19)11-16(18(20)21)13-7-3-2-4-8-13/h2-12H,1H3,(H,20,21)/b16-11+. The number of carbonyl (C=O) groups is 1. The van der Waals surface area contributed by atoms with Crippen LogP contribution in [0.2, 0.25) is 0 Å². The Bertz CT molecular complexity index is 829. The van der Waals surface area contributed by atoms with Crippen LogP contribution in [-0.2, 0) is 11.8 Å². The maximum atomic E-state index is 11.6. The molecule has 0 saturated carbocycles. The minimum atomic E-state index is -0.922. The number of carboxylic acids is 1. The molecule has 104 valence electrons. The number of hydrogen-bond donors (Lipinski definition) is 1. The molecule has 0 fully saturated rings. The van der Waals surface area contributed by atoms with Gasteiger partial charge in [0.25, 0.3) is 0 Å². The van der Waals surface area contributed by atoms with E-state index in [1.807, 2.05) is 72.4 Å². The lowest BCUT2D eigenvalue weighted by atomic mass is 10.0. The SMILES string of the molecule is Cn1cc(/C=C(/C(=O)O)c2ccccc2)c2ccccc21. The van der Waals surface area contributed by atoms with Crippen molar-refractivity contribution in [3.8, 4) is 0 Å². The topological polar surface area (TPSA) is 42.2 Å². The van der Waals surface area contributed by atoms with Crippen LogP contribution < -0.4 is 0 Å². The molecule has 0 aliphatic carbocycles. The van der Waals surface area contributed by atoms with Gasteiger partial charge in [0, 0.05) is 29.7 Å². The Morgan fingerprint density at radius 2 is 1.71 bits per heavy atom. The van der Waals surface area contributed by atoms with Gasteiger partial charge in [-0.15, -0.1) is 0 Å². The van der Waals surface area contributed by atoms with Crippen LogP contribution in [0.3, 0.4) is 0 Å². The Balaban J connectivity index is 2.19. The van der Waals surface area contributed by atoms with Crippen molar-refractivity contribution in [1.82, 2.24) is 4.57 Å². The highest BCUT2D eigenvalue weighted by Crippen LogP contribution is 2.25. The van der Waals surface area contributed by atoms with Gasteiger partial charge in [-0.05, 0) is 17.7 Å². The average Bonchev–Trinajstić information content (AvgIpc) is 2.82. The van der Waals surface area contributed by atoms with E-state index in [9.17, 15) is 9.90 Å². The molecule has 21 heavy (non-hydrogen) atoms. The van der Waals surface area contributed by atoms with Crippen molar-refractivity contribution in [2.24, 2.45) is 7.05 Å². The fourth-order valence-corrected chi connectivity index (χ4v) is 2.53. The van der Waals surface area contributed by atoms with E-state index in [0.29, 0.717) is 11.1 Å². The number of aromatic nitrogens is 1. The molecule has 2 aromatic carbocycles. The smallest absolute Gasteiger partial charge is 0.336 e. The summed E-state index contributed by atoms with van der Waals surface area (Å²) >= 11 is 0. The number of aliphatic carboxylic acids is 1. The van der Waals surface area contributed by atoms with E-state index in [1.165, 1.54) is 0 Å². The van der Waals surface area contributed by atoms with Crippen molar-refractivity contribution < 1.29 is 9.90 Å². The molecule has 0 unspecified atom stereocenters. The highest BCUT2D eigenvalue weighted by molar-refractivity contribution is 6.21. The van der Waals surface area contributed by atoms with E-state index in [2.05, 4.69) is 0 Å². The van der Waals surface area contributed by atoms with Crippen LogP contribution in [0.1, 0.15) is 11.1 Å². The van der Waals surface area contributed by atoms with Gasteiger partial charge in [0.15, 0.2) is 0 Å².